The largest absolute Gasteiger partial charge is 0.356 e. The number of nitrogens with zero attached hydrogens (tertiary/aromatic N) is 2. The second-order valence-corrected chi connectivity index (χ2v) is 3.90. The molecule has 0 unspecified atom stereocenters. The second-order valence-electron chi connectivity index (χ2n) is 2.98. The summed E-state index contributed by atoms with van der Waals surface area (Å²) in [6.45, 7) is 1.52. The van der Waals surface area contributed by atoms with Gasteiger partial charge in [-0.05, 0) is 29.0 Å². The molecule has 0 aliphatic rings. The minimum absolute atomic E-state index is 0.307. The van der Waals surface area contributed by atoms with Gasteiger partial charge in [0.2, 0.25) is 0 Å². The molecule has 0 atom stereocenters. The van der Waals surface area contributed by atoms with Crippen LogP contribution in [0.1, 0.15) is 0 Å². The summed E-state index contributed by atoms with van der Waals surface area (Å²) in [6, 6.07) is 1.41. The van der Waals surface area contributed by atoms with Gasteiger partial charge in [0.25, 0.3) is 0 Å². The summed E-state index contributed by atoms with van der Waals surface area (Å²) in [7, 11) is 3.68. The molecule has 0 aliphatic heterocycles. The van der Waals surface area contributed by atoms with Gasteiger partial charge in [0.1, 0.15) is 0 Å². The highest BCUT2D eigenvalue weighted by Gasteiger charge is 2.08. The van der Waals surface area contributed by atoms with Crippen LogP contribution in [0.4, 0.5) is 10.2 Å². The molecule has 0 saturated carbocycles. The molecule has 0 fully saturated rings. The lowest BCUT2D eigenvalue weighted by Gasteiger charge is -2.18. The third-order valence-electron chi connectivity index (χ3n) is 1.85. The quantitative estimate of drug-likeness (QED) is 0.894. The first-order valence-electron chi connectivity index (χ1n) is 4.32. The van der Waals surface area contributed by atoms with Crippen LogP contribution in [-0.2, 0) is 0 Å². The molecule has 78 valence electrons. The van der Waals surface area contributed by atoms with Crippen molar-refractivity contribution in [1.29, 1.82) is 0 Å². The van der Waals surface area contributed by atoms with E-state index in [1.165, 1.54) is 6.07 Å². The number of rotatable bonds is 4. The Morgan fingerprint density at radius 1 is 1.64 bits per heavy atom. The molecule has 1 rings (SSSR count). The fraction of sp³-hybridized carbons (Fsp3) is 0.444. The van der Waals surface area contributed by atoms with E-state index < -0.39 is 0 Å². The van der Waals surface area contributed by atoms with Crippen molar-refractivity contribution < 1.29 is 4.39 Å². The van der Waals surface area contributed by atoms with E-state index in [0.29, 0.717) is 10.3 Å². The number of anilines is 1. The van der Waals surface area contributed by atoms with Crippen LogP contribution in [0.2, 0.25) is 0 Å². The number of hydrogen-bond acceptors (Lipinski definition) is 3. The molecule has 1 heterocycles. The van der Waals surface area contributed by atoms with Crippen LogP contribution in [0.25, 0.3) is 0 Å². The zero-order valence-corrected chi connectivity index (χ0v) is 9.81. The molecule has 0 bridgehead atoms. The third kappa shape index (κ3) is 2.92. The highest BCUT2D eigenvalue weighted by Crippen LogP contribution is 2.18. The number of likely N-dealkylation sites (N-methyl/N-ethyl adjacent to an activating group) is 2. The molecular weight excluding hydrogens is 249 g/mol. The first-order chi connectivity index (χ1) is 6.65. The van der Waals surface area contributed by atoms with Crippen molar-refractivity contribution in [2.24, 2.45) is 0 Å². The molecular formula is C9H13BrFN3. The highest BCUT2D eigenvalue weighted by atomic mass is 79.9. The van der Waals surface area contributed by atoms with Gasteiger partial charge in [-0.25, -0.2) is 9.37 Å². The zero-order chi connectivity index (χ0) is 10.6. The predicted molar refractivity (Wildman–Crippen MR) is 59.1 cm³/mol. The summed E-state index contributed by atoms with van der Waals surface area (Å²) in [6.07, 6.45) is 1.59. The summed E-state index contributed by atoms with van der Waals surface area (Å²) in [5.41, 5.74) is 0. The van der Waals surface area contributed by atoms with Crippen LogP contribution in [0.3, 0.4) is 0 Å². The second kappa shape index (κ2) is 5.26. The summed E-state index contributed by atoms with van der Waals surface area (Å²) < 4.78 is 14.0. The number of pyridine rings is 1. The van der Waals surface area contributed by atoms with E-state index in [9.17, 15) is 4.39 Å². The molecule has 0 radical (unpaired) electrons. The Morgan fingerprint density at radius 2 is 2.36 bits per heavy atom. The zero-order valence-electron chi connectivity index (χ0n) is 8.22. The molecule has 0 spiro atoms. The van der Waals surface area contributed by atoms with Crippen molar-refractivity contribution in [3.63, 3.8) is 0 Å². The number of aromatic nitrogens is 1. The Kier molecular flexibility index (Phi) is 4.28. The lowest BCUT2D eigenvalue weighted by atomic mass is 10.4. The van der Waals surface area contributed by atoms with Crippen molar-refractivity contribution in [3.05, 3.63) is 22.6 Å². The van der Waals surface area contributed by atoms with Crippen LogP contribution in [0, 0.1) is 5.82 Å². The fourth-order valence-corrected chi connectivity index (χ4v) is 1.38. The van der Waals surface area contributed by atoms with E-state index in [0.717, 1.165) is 13.1 Å². The van der Waals surface area contributed by atoms with E-state index >= 15 is 0 Å². The maximum Gasteiger partial charge on any atom is 0.166 e. The van der Waals surface area contributed by atoms with E-state index in [2.05, 4.69) is 26.2 Å². The minimum Gasteiger partial charge on any atom is -0.356 e. The summed E-state index contributed by atoms with van der Waals surface area (Å²) >= 11 is 3.16. The van der Waals surface area contributed by atoms with Gasteiger partial charge in [0.05, 0.1) is 0 Å². The summed E-state index contributed by atoms with van der Waals surface area (Å²) in [4.78, 5) is 5.78. The van der Waals surface area contributed by atoms with Crippen molar-refractivity contribution >= 4 is 21.7 Å². The van der Waals surface area contributed by atoms with Crippen molar-refractivity contribution in [2.75, 3.05) is 32.1 Å². The molecule has 1 aromatic heterocycles. The highest BCUT2D eigenvalue weighted by molar-refractivity contribution is 9.10. The number of hydrogen-bond donors (Lipinski definition) is 1. The maximum atomic E-state index is 13.4. The molecule has 0 aliphatic carbocycles. The molecule has 0 aromatic carbocycles. The average Bonchev–Trinajstić information content (AvgIpc) is 2.14. The van der Waals surface area contributed by atoms with Gasteiger partial charge in [0, 0.05) is 30.8 Å². The SMILES string of the molecule is CNCCN(C)c1ncc(Br)cc1F. The maximum absolute atomic E-state index is 13.4. The van der Waals surface area contributed by atoms with Gasteiger partial charge >= 0.3 is 0 Å². The van der Waals surface area contributed by atoms with Crippen molar-refractivity contribution in [2.45, 2.75) is 0 Å². The molecule has 3 nitrogen and oxygen atoms in total. The molecule has 1 aromatic rings. The lowest BCUT2D eigenvalue weighted by Crippen LogP contribution is -2.28. The van der Waals surface area contributed by atoms with Crippen LogP contribution in [0.15, 0.2) is 16.7 Å². The van der Waals surface area contributed by atoms with E-state index in [1.54, 1.807) is 11.1 Å². The Balaban J connectivity index is 2.74. The van der Waals surface area contributed by atoms with Crippen LogP contribution in [0.5, 0.6) is 0 Å². The fourth-order valence-electron chi connectivity index (χ4n) is 1.07. The van der Waals surface area contributed by atoms with E-state index in [1.807, 2.05) is 14.1 Å². The van der Waals surface area contributed by atoms with E-state index in [4.69, 9.17) is 0 Å². The molecule has 1 N–H and O–H groups in total. The molecule has 0 amide bonds. The van der Waals surface area contributed by atoms with Gasteiger partial charge in [-0.3, -0.25) is 0 Å². The van der Waals surface area contributed by atoms with Crippen LogP contribution >= 0.6 is 15.9 Å². The molecule has 0 saturated heterocycles. The average molecular weight is 262 g/mol. The normalized spacial score (nSPS) is 10.3. The Bertz CT molecular complexity index is 306. The number of nitrogens with one attached hydrogen (secondary N) is 1. The smallest absolute Gasteiger partial charge is 0.166 e. The van der Waals surface area contributed by atoms with Crippen LogP contribution < -0.4 is 10.2 Å². The molecule has 5 heteroatoms. The Labute approximate surface area is 91.5 Å². The van der Waals surface area contributed by atoms with Gasteiger partial charge in [0.15, 0.2) is 11.6 Å². The lowest BCUT2D eigenvalue weighted by molar-refractivity contribution is 0.612. The molecule has 14 heavy (non-hydrogen) atoms. The van der Waals surface area contributed by atoms with E-state index in [-0.39, 0.29) is 5.82 Å². The van der Waals surface area contributed by atoms with Crippen molar-refractivity contribution in [1.82, 2.24) is 10.3 Å². The summed E-state index contributed by atoms with van der Waals surface area (Å²) in [5, 5.41) is 3.00. The summed E-state index contributed by atoms with van der Waals surface area (Å²) in [5.74, 6) is 0.0708. The van der Waals surface area contributed by atoms with Gasteiger partial charge < -0.3 is 10.2 Å². The third-order valence-corrected chi connectivity index (χ3v) is 2.28. The van der Waals surface area contributed by atoms with Gasteiger partial charge in [-0.1, -0.05) is 0 Å². The topological polar surface area (TPSA) is 28.2 Å². The Morgan fingerprint density at radius 3 is 2.93 bits per heavy atom. The minimum atomic E-state index is -0.307. The van der Waals surface area contributed by atoms with Crippen LogP contribution in [-0.4, -0.2) is 32.2 Å². The predicted octanol–water partition coefficient (Wildman–Crippen LogP) is 1.64. The number of halogens is 2. The van der Waals surface area contributed by atoms with Crippen molar-refractivity contribution in [3.8, 4) is 0 Å². The van der Waals surface area contributed by atoms with Gasteiger partial charge in [-0.2, -0.15) is 0 Å². The van der Waals surface area contributed by atoms with Gasteiger partial charge in [-0.15, -0.1) is 0 Å². The standard InChI is InChI=1S/C9H13BrFN3/c1-12-3-4-14(2)9-8(11)5-7(10)6-13-9/h5-6,12H,3-4H2,1-2H3. The Hall–Kier alpha value is -0.680. The monoisotopic (exact) mass is 261 g/mol. The first kappa shape index (κ1) is 11.4. The first-order valence-corrected chi connectivity index (χ1v) is 5.11.